The molecule has 2 nitrogen and oxygen atoms in total. The average Bonchev–Trinajstić information content (AvgIpc) is 3.10. The fourth-order valence-corrected chi connectivity index (χ4v) is 6.26. The molecule has 0 aliphatic carbocycles. The molecule has 0 radical (unpaired) electrons. The van der Waals surface area contributed by atoms with Crippen LogP contribution < -0.4 is 0 Å². The van der Waals surface area contributed by atoms with Gasteiger partial charge in [0.15, 0.2) is 0 Å². The van der Waals surface area contributed by atoms with Gasteiger partial charge in [0.05, 0.1) is 16.4 Å². The van der Waals surface area contributed by atoms with E-state index in [9.17, 15) is 0 Å². The van der Waals surface area contributed by atoms with Crippen LogP contribution in [0.4, 0.5) is 0 Å². The van der Waals surface area contributed by atoms with E-state index in [0.29, 0.717) is 10.1 Å². The first-order chi connectivity index (χ1) is 9.28. The molecule has 1 aromatic heterocycles. The molecule has 20 heavy (non-hydrogen) atoms. The topological polar surface area (TPSA) is 17.8 Å². The predicted octanol–water partition coefficient (Wildman–Crippen LogP) is 5.40. The Bertz CT molecular complexity index is 351. The number of nitrogens with zero attached hydrogens (tertiary/aromatic N) is 2. The van der Waals surface area contributed by atoms with Gasteiger partial charge < -0.3 is 4.57 Å². The van der Waals surface area contributed by atoms with Gasteiger partial charge in [0.2, 0.25) is 0 Å². The highest BCUT2D eigenvalue weighted by Crippen LogP contribution is 2.53. The van der Waals surface area contributed by atoms with Gasteiger partial charge in [-0.05, 0) is 13.3 Å². The van der Waals surface area contributed by atoms with E-state index in [0.717, 1.165) is 0 Å². The molecule has 1 aromatic rings. The predicted molar refractivity (Wildman–Crippen MR) is 95.2 cm³/mol. The van der Waals surface area contributed by atoms with Gasteiger partial charge in [-0.3, -0.25) is 0 Å². The van der Waals surface area contributed by atoms with Crippen LogP contribution in [0.1, 0.15) is 58.4 Å². The standard InChI is InChI=1S/C15H26N2S2.ClH/c1-3-4-5-6-7-8-15(18-11-12-19-15)14(2)17-10-9-16-13-17;/h9-10,13-14H,3-8,11-12H2,1-2H3;1H. The summed E-state index contributed by atoms with van der Waals surface area (Å²) in [6.07, 6.45) is 14.2. The van der Waals surface area contributed by atoms with Crippen molar-refractivity contribution in [1.82, 2.24) is 9.55 Å². The minimum atomic E-state index is 0. The smallest absolute Gasteiger partial charge is 0.0949 e. The van der Waals surface area contributed by atoms with Crippen molar-refractivity contribution in [3.05, 3.63) is 18.7 Å². The maximum atomic E-state index is 4.21. The molecule has 2 rings (SSSR count). The number of unbranched alkanes of at least 4 members (excludes halogenated alkanes) is 4. The van der Waals surface area contributed by atoms with Crippen LogP contribution >= 0.6 is 35.9 Å². The Morgan fingerprint density at radius 2 is 1.90 bits per heavy atom. The van der Waals surface area contributed by atoms with E-state index in [1.807, 2.05) is 12.5 Å². The second kappa shape index (κ2) is 9.26. The molecule has 5 heteroatoms. The van der Waals surface area contributed by atoms with Crippen LogP contribution in [0.3, 0.4) is 0 Å². The average molecular weight is 335 g/mol. The minimum Gasteiger partial charge on any atom is -0.332 e. The van der Waals surface area contributed by atoms with Gasteiger partial charge in [-0.2, -0.15) is 0 Å². The van der Waals surface area contributed by atoms with E-state index >= 15 is 0 Å². The molecule has 0 aromatic carbocycles. The van der Waals surface area contributed by atoms with Gasteiger partial charge in [-0.25, -0.2) is 4.98 Å². The fourth-order valence-electron chi connectivity index (χ4n) is 2.77. The Morgan fingerprint density at radius 1 is 1.20 bits per heavy atom. The normalized spacial score (nSPS) is 18.7. The van der Waals surface area contributed by atoms with E-state index in [4.69, 9.17) is 0 Å². The van der Waals surface area contributed by atoms with Crippen LogP contribution in [-0.2, 0) is 0 Å². The monoisotopic (exact) mass is 334 g/mol. The third-order valence-corrected chi connectivity index (χ3v) is 7.86. The second-order valence-electron chi connectivity index (χ2n) is 5.36. The van der Waals surface area contributed by atoms with Gasteiger partial charge in [0, 0.05) is 23.9 Å². The summed E-state index contributed by atoms with van der Waals surface area (Å²) in [5.41, 5.74) is 0. The second-order valence-corrected chi connectivity index (χ2v) is 8.47. The minimum absolute atomic E-state index is 0. The molecule has 1 aliphatic heterocycles. The van der Waals surface area contributed by atoms with Gasteiger partial charge in [-0.1, -0.05) is 39.0 Å². The summed E-state index contributed by atoms with van der Waals surface area (Å²) >= 11 is 4.35. The molecule has 0 saturated carbocycles. The van der Waals surface area contributed by atoms with Crippen LogP contribution in [0.2, 0.25) is 0 Å². The third-order valence-electron chi connectivity index (χ3n) is 4.01. The lowest BCUT2D eigenvalue weighted by Crippen LogP contribution is -2.29. The number of aromatic nitrogens is 2. The van der Waals surface area contributed by atoms with E-state index in [2.05, 4.69) is 53.1 Å². The van der Waals surface area contributed by atoms with E-state index < -0.39 is 0 Å². The molecule has 1 fully saturated rings. The van der Waals surface area contributed by atoms with Crippen molar-refractivity contribution in [1.29, 1.82) is 0 Å². The number of thioether (sulfide) groups is 2. The lowest BCUT2D eigenvalue weighted by atomic mass is 10.1. The highest BCUT2D eigenvalue weighted by atomic mass is 35.5. The van der Waals surface area contributed by atoms with Crippen LogP contribution in [0.5, 0.6) is 0 Å². The lowest BCUT2D eigenvalue weighted by Gasteiger charge is -2.34. The van der Waals surface area contributed by atoms with Crippen molar-refractivity contribution in [3.63, 3.8) is 0 Å². The highest BCUT2D eigenvalue weighted by Gasteiger charge is 2.40. The Labute approximate surface area is 138 Å². The molecular weight excluding hydrogens is 308 g/mol. The first-order valence-electron chi connectivity index (χ1n) is 7.54. The zero-order valence-corrected chi connectivity index (χ0v) is 15.0. The lowest BCUT2D eigenvalue weighted by molar-refractivity contribution is 0.456. The summed E-state index contributed by atoms with van der Waals surface area (Å²) < 4.78 is 2.67. The summed E-state index contributed by atoms with van der Waals surface area (Å²) in [5, 5.41) is 0. The quantitative estimate of drug-likeness (QED) is 0.592. The van der Waals surface area contributed by atoms with Gasteiger partial charge in [0.25, 0.3) is 0 Å². The largest absolute Gasteiger partial charge is 0.332 e. The van der Waals surface area contributed by atoms with Crippen molar-refractivity contribution in [2.45, 2.75) is 62.5 Å². The summed E-state index contributed by atoms with van der Waals surface area (Å²) in [7, 11) is 0. The number of rotatable bonds is 8. The summed E-state index contributed by atoms with van der Waals surface area (Å²) in [4.78, 5) is 4.21. The maximum absolute atomic E-state index is 4.21. The molecule has 1 saturated heterocycles. The molecule has 116 valence electrons. The molecule has 2 heterocycles. The molecule has 0 spiro atoms. The number of hydrogen-bond donors (Lipinski definition) is 0. The molecular formula is C15H27ClN2S2. The molecule has 0 N–H and O–H groups in total. The van der Waals surface area contributed by atoms with E-state index in [1.54, 1.807) is 0 Å². The fraction of sp³-hybridized carbons (Fsp3) is 0.800. The molecule has 0 bridgehead atoms. The number of halogens is 1. The van der Waals surface area contributed by atoms with Gasteiger partial charge in [0.1, 0.15) is 0 Å². The summed E-state index contributed by atoms with van der Waals surface area (Å²) in [5.74, 6) is 2.61. The first-order valence-corrected chi connectivity index (χ1v) is 9.51. The van der Waals surface area contributed by atoms with E-state index in [-0.39, 0.29) is 12.4 Å². The Morgan fingerprint density at radius 3 is 2.50 bits per heavy atom. The molecule has 1 aliphatic rings. The Balaban J connectivity index is 0.00000200. The zero-order valence-electron chi connectivity index (χ0n) is 12.6. The van der Waals surface area contributed by atoms with E-state index in [1.165, 1.54) is 50.0 Å². The third kappa shape index (κ3) is 4.60. The maximum Gasteiger partial charge on any atom is 0.0949 e. The summed E-state index contributed by atoms with van der Waals surface area (Å²) in [6.45, 7) is 4.64. The van der Waals surface area contributed by atoms with Crippen molar-refractivity contribution in [2.75, 3.05) is 11.5 Å². The Hall–Kier alpha value is 0.200. The number of imidazole rings is 1. The first kappa shape index (κ1) is 18.2. The zero-order chi connectivity index (χ0) is 13.6. The number of hydrogen-bond acceptors (Lipinski definition) is 3. The van der Waals surface area contributed by atoms with Gasteiger partial charge in [-0.15, -0.1) is 35.9 Å². The molecule has 1 unspecified atom stereocenters. The van der Waals surface area contributed by atoms with Crippen LogP contribution in [-0.4, -0.2) is 25.1 Å². The van der Waals surface area contributed by atoms with Crippen LogP contribution in [0.25, 0.3) is 0 Å². The highest BCUT2D eigenvalue weighted by molar-refractivity contribution is 8.21. The van der Waals surface area contributed by atoms with Crippen molar-refractivity contribution in [3.8, 4) is 0 Å². The van der Waals surface area contributed by atoms with Crippen molar-refractivity contribution < 1.29 is 0 Å². The van der Waals surface area contributed by atoms with Crippen LogP contribution in [0, 0.1) is 0 Å². The summed E-state index contributed by atoms with van der Waals surface area (Å²) in [6, 6.07) is 0.540. The molecule has 1 atom stereocenters. The van der Waals surface area contributed by atoms with Crippen molar-refractivity contribution in [2.24, 2.45) is 0 Å². The molecule has 0 amide bonds. The SMILES string of the molecule is CCCCCCCC1(C(C)n2ccnc2)SCCS1.Cl. The van der Waals surface area contributed by atoms with Gasteiger partial charge >= 0.3 is 0 Å². The van der Waals surface area contributed by atoms with Crippen molar-refractivity contribution >= 4 is 35.9 Å². The Kier molecular flexibility index (Phi) is 8.45. The van der Waals surface area contributed by atoms with Crippen LogP contribution in [0.15, 0.2) is 18.7 Å².